The van der Waals surface area contributed by atoms with Crippen molar-refractivity contribution in [2.75, 3.05) is 19.3 Å². The van der Waals surface area contributed by atoms with E-state index in [1.54, 1.807) is 0 Å². The highest BCUT2D eigenvalue weighted by Gasteiger charge is 2.47. The van der Waals surface area contributed by atoms with Crippen molar-refractivity contribution in [3.8, 4) is 5.75 Å². The van der Waals surface area contributed by atoms with Crippen LogP contribution in [0.25, 0.3) is 0 Å². The molecule has 1 aliphatic rings. The van der Waals surface area contributed by atoms with Gasteiger partial charge in [0.25, 0.3) is 11.8 Å². The van der Waals surface area contributed by atoms with Crippen molar-refractivity contribution in [3.05, 3.63) is 53.2 Å². The molecule has 1 fully saturated rings. The Kier molecular flexibility index (Phi) is 7.24. The van der Waals surface area contributed by atoms with E-state index in [-0.39, 0.29) is 30.0 Å². The molecule has 2 amide bonds. The molecule has 8 nitrogen and oxygen atoms in total. The number of hydrogen-bond acceptors (Lipinski definition) is 6. The predicted octanol–water partition coefficient (Wildman–Crippen LogP) is 2.88. The first-order chi connectivity index (χ1) is 15.9. The number of nitrogen functional groups attached to an aromatic ring is 1. The highest BCUT2D eigenvalue weighted by molar-refractivity contribution is 5.94. The van der Waals surface area contributed by atoms with Crippen LogP contribution in [0.3, 0.4) is 0 Å². The van der Waals surface area contributed by atoms with Gasteiger partial charge in [-0.2, -0.15) is 0 Å². The summed E-state index contributed by atoms with van der Waals surface area (Å²) in [4.78, 5) is 29.2. The molecule has 0 saturated carbocycles. The second kappa shape index (κ2) is 9.79. The maximum absolute atomic E-state index is 14.1. The van der Waals surface area contributed by atoms with E-state index in [0.29, 0.717) is 5.56 Å². The van der Waals surface area contributed by atoms with Crippen LogP contribution in [0.2, 0.25) is 0 Å². The number of benzene rings is 1. The summed E-state index contributed by atoms with van der Waals surface area (Å²) in [6, 6.07) is 5.93. The average Bonchev–Trinajstić information content (AvgIpc) is 3.07. The molecule has 0 aliphatic carbocycles. The number of halogens is 5. The van der Waals surface area contributed by atoms with Gasteiger partial charge in [0, 0.05) is 18.8 Å². The first-order valence-electron chi connectivity index (χ1n) is 9.97. The Labute approximate surface area is 190 Å². The number of alkyl halides is 5. The van der Waals surface area contributed by atoms with E-state index < -0.39 is 49.0 Å². The third kappa shape index (κ3) is 6.53. The zero-order valence-electron chi connectivity index (χ0n) is 17.9. The standard InChI is InChI=1S/C21H21F5N4O4/c1-28-19(32)13-7-14(18(27)29-9-13)10-33-17-8-20(22,23)11-30(17)16(31)6-12-2-4-15(5-3-12)34-21(24,25)26/h2-5,7,9,17H,6,8,10-11H2,1H3,(H2,27,29)(H,28,32)/t17-/m1/s1. The summed E-state index contributed by atoms with van der Waals surface area (Å²) in [5, 5.41) is 2.42. The summed E-state index contributed by atoms with van der Waals surface area (Å²) in [5.41, 5.74) is 6.56. The average molecular weight is 488 g/mol. The number of carbonyl (C=O) groups is 2. The fourth-order valence-corrected chi connectivity index (χ4v) is 3.36. The van der Waals surface area contributed by atoms with E-state index in [9.17, 15) is 31.5 Å². The van der Waals surface area contributed by atoms with Gasteiger partial charge in [-0.15, -0.1) is 13.2 Å². The number of ether oxygens (including phenoxy) is 2. The second-order valence-corrected chi connectivity index (χ2v) is 7.56. The van der Waals surface area contributed by atoms with Crippen LogP contribution in [-0.4, -0.2) is 53.8 Å². The second-order valence-electron chi connectivity index (χ2n) is 7.56. The number of carbonyl (C=O) groups excluding carboxylic acids is 2. The van der Waals surface area contributed by atoms with Crippen LogP contribution in [0.5, 0.6) is 5.75 Å². The number of nitrogens with two attached hydrogens (primary N) is 1. The normalized spacial score (nSPS) is 17.5. The Morgan fingerprint density at radius 3 is 2.56 bits per heavy atom. The third-order valence-corrected chi connectivity index (χ3v) is 4.98. The minimum atomic E-state index is -4.86. The fourth-order valence-electron chi connectivity index (χ4n) is 3.36. The molecule has 1 aromatic carbocycles. The molecule has 1 aromatic heterocycles. The minimum Gasteiger partial charge on any atom is -0.406 e. The van der Waals surface area contributed by atoms with Gasteiger partial charge in [-0.05, 0) is 23.8 Å². The Hall–Kier alpha value is -3.48. The van der Waals surface area contributed by atoms with E-state index in [4.69, 9.17) is 10.5 Å². The number of hydrogen-bond donors (Lipinski definition) is 2. The van der Waals surface area contributed by atoms with Crippen LogP contribution in [-0.2, 0) is 22.6 Å². The predicted molar refractivity (Wildman–Crippen MR) is 109 cm³/mol. The molecule has 2 heterocycles. The lowest BCUT2D eigenvalue weighted by atomic mass is 10.1. The van der Waals surface area contributed by atoms with E-state index in [0.717, 1.165) is 17.0 Å². The van der Waals surface area contributed by atoms with Gasteiger partial charge in [0.15, 0.2) is 0 Å². The molecule has 13 heteroatoms. The van der Waals surface area contributed by atoms with Crippen LogP contribution in [0.15, 0.2) is 36.5 Å². The summed E-state index contributed by atoms with van der Waals surface area (Å²) in [6.45, 7) is -1.16. The molecule has 1 saturated heterocycles. The van der Waals surface area contributed by atoms with Crippen molar-refractivity contribution in [1.82, 2.24) is 15.2 Å². The first kappa shape index (κ1) is 25.1. The SMILES string of the molecule is CNC(=O)c1cnc(N)c(CO[C@@H]2CC(F)(F)CN2C(=O)Cc2ccc(OC(F)(F)F)cc2)c1. The number of nitrogens with one attached hydrogen (secondary N) is 1. The Balaban J connectivity index is 1.68. The van der Waals surface area contributed by atoms with Crippen LogP contribution < -0.4 is 15.8 Å². The molecule has 2 aromatic rings. The molecule has 34 heavy (non-hydrogen) atoms. The molecule has 1 aliphatic heterocycles. The molecule has 184 valence electrons. The monoisotopic (exact) mass is 488 g/mol. The summed E-state index contributed by atoms with van der Waals surface area (Å²) in [7, 11) is 1.43. The number of aromatic nitrogens is 1. The molecule has 3 rings (SSSR count). The van der Waals surface area contributed by atoms with Crippen molar-refractivity contribution in [2.45, 2.75) is 38.0 Å². The summed E-state index contributed by atoms with van der Waals surface area (Å²) < 4.78 is 74.3. The van der Waals surface area contributed by atoms with Crippen molar-refractivity contribution in [3.63, 3.8) is 0 Å². The van der Waals surface area contributed by atoms with Gasteiger partial charge in [0.2, 0.25) is 5.91 Å². The molecule has 0 spiro atoms. The summed E-state index contributed by atoms with van der Waals surface area (Å²) in [6.07, 6.45) is -5.97. The fraction of sp³-hybridized carbons (Fsp3) is 0.381. The molecule has 0 radical (unpaired) electrons. The van der Waals surface area contributed by atoms with Crippen molar-refractivity contribution < 1.29 is 41.0 Å². The number of likely N-dealkylation sites (tertiary alicyclic amines) is 1. The lowest BCUT2D eigenvalue weighted by molar-refractivity contribution is -0.274. The topological polar surface area (TPSA) is 107 Å². The summed E-state index contributed by atoms with van der Waals surface area (Å²) >= 11 is 0. The Morgan fingerprint density at radius 2 is 1.94 bits per heavy atom. The first-order valence-corrected chi connectivity index (χ1v) is 9.97. The highest BCUT2D eigenvalue weighted by Crippen LogP contribution is 2.34. The zero-order chi connectivity index (χ0) is 25.1. The van der Waals surface area contributed by atoms with E-state index in [2.05, 4.69) is 15.0 Å². The smallest absolute Gasteiger partial charge is 0.406 e. The Morgan fingerprint density at radius 1 is 1.26 bits per heavy atom. The lowest BCUT2D eigenvalue weighted by Gasteiger charge is -2.24. The van der Waals surface area contributed by atoms with Crippen molar-refractivity contribution in [2.24, 2.45) is 0 Å². The molecule has 0 unspecified atom stereocenters. The lowest BCUT2D eigenvalue weighted by Crippen LogP contribution is -2.39. The van der Waals surface area contributed by atoms with Gasteiger partial charge in [0.1, 0.15) is 17.8 Å². The van der Waals surface area contributed by atoms with Crippen LogP contribution in [0.4, 0.5) is 27.8 Å². The van der Waals surface area contributed by atoms with Crippen LogP contribution in [0, 0.1) is 0 Å². The maximum atomic E-state index is 14.1. The number of anilines is 1. The molecule has 0 bridgehead atoms. The quantitative estimate of drug-likeness (QED) is 0.581. The number of amides is 2. The molecular formula is C21H21F5N4O4. The van der Waals surface area contributed by atoms with Crippen molar-refractivity contribution in [1.29, 1.82) is 0 Å². The van der Waals surface area contributed by atoms with Crippen molar-refractivity contribution >= 4 is 17.6 Å². The van der Waals surface area contributed by atoms with Crippen LogP contribution >= 0.6 is 0 Å². The van der Waals surface area contributed by atoms with Gasteiger partial charge < -0.3 is 25.4 Å². The molecule has 1 atom stereocenters. The highest BCUT2D eigenvalue weighted by atomic mass is 19.4. The van der Waals surface area contributed by atoms with Crippen LogP contribution in [0.1, 0.15) is 27.9 Å². The van der Waals surface area contributed by atoms with Gasteiger partial charge in [0.05, 0.1) is 31.6 Å². The Bertz CT molecular complexity index is 1050. The van der Waals surface area contributed by atoms with Gasteiger partial charge in [-0.3, -0.25) is 9.59 Å². The number of pyridine rings is 1. The zero-order valence-corrected chi connectivity index (χ0v) is 17.9. The maximum Gasteiger partial charge on any atom is 0.573 e. The van der Waals surface area contributed by atoms with Gasteiger partial charge in [-0.1, -0.05) is 12.1 Å². The molecule has 3 N–H and O–H groups in total. The van der Waals surface area contributed by atoms with E-state index >= 15 is 0 Å². The van der Waals surface area contributed by atoms with Gasteiger partial charge in [-0.25, -0.2) is 13.8 Å². The third-order valence-electron chi connectivity index (χ3n) is 4.98. The number of nitrogens with zero attached hydrogens (tertiary/aromatic N) is 2. The minimum absolute atomic E-state index is 0.0384. The summed E-state index contributed by atoms with van der Waals surface area (Å²) in [5.74, 6) is -4.75. The van der Waals surface area contributed by atoms with Gasteiger partial charge >= 0.3 is 6.36 Å². The number of rotatable bonds is 7. The largest absolute Gasteiger partial charge is 0.573 e. The molecular weight excluding hydrogens is 467 g/mol. The van der Waals surface area contributed by atoms with E-state index in [1.165, 1.54) is 31.4 Å². The van der Waals surface area contributed by atoms with E-state index in [1.807, 2.05) is 0 Å².